The summed E-state index contributed by atoms with van der Waals surface area (Å²) in [5, 5.41) is 11.8. The number of oxime groups is 1. The molecule has 118 valence electrons. The number of hydrogen-bond acceptors (Lipinski definition) is 4. The molecular formula is C12H23F3N4O. The molecule has 0 bridgehead atoms. The predicted molar refractivity (Wildman–Crippen MR) is 70.8 cm³/mol. The second-order valence-electron chi connectivity index (χ2n) is 5.59. The molecule has 20 heavy (non-hydrogen) atoms. The highest BCUT2D eigenvalue weighted by atomic mass is 19.4. The third-order valence-electron chi connectivity index (χ3n) is 3.83. The molecule has 1 rings (SSSR count). The molecule has 1 fully saturated rings. The van der Waals surface area contributed by atoms with Crippen LogP contribution in [0, 0.1) is 0 Å². The Morgan fingerprint density at radius 3 is 2.20 bits per heavy atom. The van der Waals surface area contributed by atoms with Gasteiger partial charge in [-0.3, -0.25) is 4.90 Å². The van der Waals surface area contributed by atoms with E-state index in [-0.39, 0.29) is 12.3 Å². The fourth-order valence-corrected chi connectivity index (χ4v) is 2.32. The second-order valence-corrected chi connectivity index (χ2v) is 5.59. The second kappa shape index (κ2) is 6.62. The monoisotopic (exact) mass is 296 g/mol. The molecule has 1 heterocycles. The van der Waals surface area contributed by atoms with E-state index >= 15 is 0 Å². The Labute approximate surface area is 117 Å². The molecule has 5 nitrogen and oxygen atoms in total. The van der Waals surface area contributed by atoms with Crippen LogP contribution >= 0.6 is 0 Å². The van der Waals surface area contributed by atoms with Gasteiger partial charge in [-0.05, 0) is 26.8 Å². The van der Waals surface area contributed by atoms with Gasteiger partial charge in [0.2, 0.25) is 0 Å². The smallest absolute Gasteiger partial charge is 0.389 e. The van der Waals surface area contributed by atoms with Gasteiger partial charge < -0.3 is 15.8 Å². The maximum Gasteiger partial charge on any atom is 0.389 e. The molecule has 0 saturated carbocycles. The Morgan fingerprint density at radius 2 is 1.75 bits per heavy atom. The van der Waals surface area contributed by atoms with Crippen molar-refractivity contribution in [3.8, 4) is 0 Å². The first-order valence-corrected chi connectivity index (χ1v) is 6.69. The van der Waals surface area contributed by atoms with Crippen LogP contribution in [0.3, 0.4) is 0 Å². The molecule has 0 atom stereocenters. The topological polar surface area (TPSA) is 65.1 Å². The molecule has 0 spiro atoms. The lowest BCUT2D eigenvalue weighted by atomic mass is 10.00. The maximum absolute atomic E-state index is 12.1. The third-order valence-corrected chi connectivity index (χ3v) is 3.83. The largest absolute Gasteiger partial charge is 0.409 e. The average molecular weight is 296 g/mol. The molecular weight excluding hydrogens is 273 g/mol. The zero-order valence-electron chi connectivity index (χ0n) is 11.9. The number of alkyl halides is 3. The first kappa shape index (κ1) is 17.0. The normalized spacial score (nSPS) is 20.4. The van der Waals surface area contributed by atoms with Crippen molar-refractivity contribution >= 4 is 5.84 Å². The summed E-state index contributed by atoms with van der Waals surface area (Å²) in [6, 6.07) is 0. The zero-order chi connectivity index (χ0) is 15.4. The highest BCUT2D eigenvalue weighted by Crippen LogP contribution is 2.22. The molecule has 0 aromatic carbocycles. The highest BCUT2D eigenvalue weighted by molar-refractivity contribution is 5.88. The molecule has 0 amide bonds. The minimum Gasteiger partial charge on any atom is -0.409 e. The van der Waals surface area contributed by atoms with E-state index in [0.717, 1.165) is 0 Å². The molecule has 0 aromatic rings. The van der Waals surface area contributed by atoms with Crippen LogP contribution in [-0.2, 0) is 0 Å². The summed E-state index contributed by atoms with van der Waals surface area (Å²) in [4.78, 5) is 4.09. The number of amidine groups is 1. The average Bonchev–Trinajstić information content (AvgIpc) is 2.36. The molecule has 3 N–H and O–H groups in total. The number of rotatable bonds is 5. The van der Waals surface area contributed by atoms with Gasteiger partial charge in [0.1, 0.15) is 0 Å². The van der Waals surface area contributed by atoms with E-state index in [2.05, 4.69) is 10.1 Å². The van der Waals surface area contributed by atoms with E-state index < -0.39 is 18.1 Å². The van der Waals surface area contributed by atoms with Crippen molar-refractivity contribution in [2.24, 2.45) is 10.9 Å². The number of nitrogens with zero attached hydrogens (tertiary/aromatic N) is 3. The summed E-state index contributed by atoms with van der Waals surface area (Å²) < 4.78 is 36.2. The van der Waals surface area contributed by atoms with Crippen molar-refractivity contribution in [2.45, 2.75) is 38.4 Å². The first-order valence-electron chi connectivity index (χ1n) is 6.69. The molecule has 0 aromatic heterocycles. The van der Waals surface area contributed by atoms with Crippen LogP contribution in [0.4, 0.5) is 13.2 Å². The van der Waals surface area contributed by atoms with E-state index in [1.54, 1.807) is 0 Å². The van der Waals surface area contributed by atoms with E-state index in [1.165, 1.54) is 0 Å². The molecule has 1 aliphatic rings. The van der Waals surface area contributed by atoms with Gasteiger partial charge in [-0.25, -0.2) is 0 Å². The summed E-state index contributed by atoms with van der Waals surface area (Å²) in [5.74, 6) is 0.142. The molecule has 1 saturated heterocycles. The zero-order valence-corrected chi connectivity index (χ0v) is 11.9. The molecule has 0 unspecified atom stereocenters. The van der Waals surface area contributed by atoms with Crippen molar-refractivity contribution in [3.05, 3.63) is 0 Å². The summed E-state index contributed by atoms with van der Waals surface area (Å²) in [6.45, 7) is 6.95. The lowest BCUT2D eigenvalue weighted by molar-refractivity contribution is -0.136. The fourth-order valence-electron chi connectivity index (χ4n) is 2.32. The van der Waals surface area contributed by atoms with E-state index in [9.17, 15) is 13.2 Å². The van der Waals surface area contributed by atoms with Crippen LogP contribution < -0.4 is 5.73 Å². The molecule has 8 heteroatoms. The van der Waals surface area contributed by atoms with Crippen LogP contribution in [0.15, 0.2) is 5.16 Å². The van der Waals surface area contributed by atoms with Crippen molar-refractivity contribution in [1.29, 1.82) is 0 Å². The Kier molecular flexibility index (Phi) is 5.64. The van der Waals surface area contributed by atoms with Gasteiger partial charge in [-0.2, -0.15) is 13.2 Å². The number of halogens is 3. The molecule has 1 aliphatic heterocycles. The molecule has 0 radical (unpaired) electrons. The van der Waals surface area contributed by atoms with Crippen LogP contribution in [0.2, 0.25) is 0 Å². The minimum atomic E-state index is -4.07. The number of piperazine rings is 1. The Balaban J connectivity index is 2.37. The van der Waals surface area contributed by atoms with Gasteiger partial charge in [-0.15, -0.1) is 0 Å². The Hall–Kier alpha value is -1.02. The summed E-state index contributed by atoms with van der Waals surface area (Å²) in [6.07, 6.45) is -4.67. The predicted octanol–water partition coefficient (Wildman–Crippen LogP) is 1.47. The van der Waals surface area contributed by atoms with E-state index in [4.69, 9.17) is 10.9 Å². The SMILES string of the molecule is CC(C)(C(N)=NO)N1CCN(CCCC(F)(F)F)CC1. The number of hydrogen-bond donors (Lipinski definition) is 2. The maximum atomic E-state index is 12.1. The van der Waals surface area contributed by atoms with Crippen molar-refractivity contribution in [3.63, 3.8) is 0 Å². The fraction of sp³-hybridized carbons (Fsp3) is 0.917. The van der Waals surface area contributed by atoms with Crippen molar-refractivity contribution < 1.29 is 18.4 Å². The van der Waals surface area contributed by atoms with Crippen LogP contribution in [-0.4, -0.2) is 65.3 Å². The lowest BCUT2D eigenvalue weighted by Crippen LogP contribution is -2.59. The van der Waals surface area contributed by atoms with Crippen molar-refractivity contribution in [1.82, 2.24) is 9.80 Å². The van der Waals surface area contributed by atoms with Gasteiger partial charge >= 0.3 is 6.18 Å². The Morgan fingerprint density at radius 1 is 1.20 bits per heavy atom. The van der Waals surface area contributed by atoms with Crippen molar-refractivity contribution in [2.75, 3.05) is 32.7 Å². The third kappa shape index (κ3) is 4.82. The standard InChI is InChI=1S/C12H23F3N4O/c1-11(2,10(16)17-20)19-8-6-18(7-9-19)5-3-4-12(13,14)15/h20H,3-9H2,1-2H3,(H2,16,17). The van der Waals surface area contributed by atoms with Gasteiger partial charge in [0.15, 0.2) is 5.84 Å². The number of nitrogens with two attached hydrogens (primary N) is 1. The minimum absolute atomic E-state index is 0.132. The van der Waals surface area contributed by atoms with Gasteiger partial charge in [0, 0.05) is 32.6 Å². The van der Waals surface area contributed by atoms with Crippen LogP contribution in [0.5, 0.6) is 0 Å². The van der Waals surface area contributed by atoms with Gasteiger partial charge in [0.25, 0.3) is 0 Å². The van der Waals surface area contributed by atoms with Crippen LogP contribution in [0.25, 0.3) is 0 Å². The summed E-state index contributed by atoms with van der Waals surface area (Å²) >= 11 is 0. The summed E-state index contributed by atoms with van der Waals surface area (Å²) in [5.41, 5.74) is 5.12. The Bertz CT molecular complexity index is 336. The van der Waals surface area contributed by atoms with E-state index in [1.807, 2.05) is 18.7 Å². The van der Waals surface area contributed by atoms with Gasteiger partial charge in [-0.1, -0.05) is 5.16 Å². The summed E-state index contributed by atoms with van der Waals surface area (Å²) in [7, 11) is 0. The molecule has 0 aliphatic carbocycles. The highest BCUT2D eigenvalue weighted by Gasteiger charge is 2.34. The van der Waals surface area contributed by atoms with Gasteiger partial charge in [0.05, 0.1) is 5.54 Å². The lowest BCUT2D eigenvalue weighted by Gasteiger charge is -2.43. The van der Waals surface area contributed by atoms with Crippen LogP contribution in [0.1, 0.15) is 26.7 Å². The first-order chi connectivity index (χ1) is 9.16. The van der Waals surface area contributed by atoms with E-state index in [0.29, 0.717) is 32.7 Å². The quantitative estimate of drug-likeness (QED) is 0.349.